The number of benzene rings is 1. The Hall–Kier alpha value is -2.81. The van der Waals surface area contributed by atoms with E-state index in [4.69, 9.17) is 0 Å². The van der Waals surface area contributed by atoms with E-state index in [2.05, 4.69) is 20.6 Å². The fourth-order valence-corrected chi connectivity index (χ4v) is 3.75. The van der Waals surface area contributed by atoms with Gasteiger partial charge < -0.3 is 5.32 Å². The first-order chi connectivity index (χ1) is 13.4. The molecule has 28 heavy (non-hydrogen) atoms. The van der Waals surface area contributed by atoms with E-state index >= 15 is 0 Å². The highest BCUT2D eigenvalue weighted by Gasteiger charge is 2.21. The summed E-state index contributed by atoms with van der Waals surface area (Å²) < 4.78 is 3.31. The number of amides is 1. The predicted molar refractivity (Wildman–Crippen MR) is 110 cm³/mol. The van der Waals surface area contributed by atoms with Crippen LogP contribution in [0.2, 0.25) is 0 Å². The van der Waals surface area contributed by atoms with E-state index in [0.29, 0.717) is 18.1 Å². The normalized spacial score (nSPS) is 12.1. The van der Waals surface area contributed by atoms with E-state index in [1.54, 1.807) is 16.2 Å². The number of hydrogen-bond acceptors (Lipinski definition) is 5. The van der Waals surface area contributed by atoms with Crippen molar-refractivity contribution in [1.29, 1.82) is 0 Å². The third kappa shape index (κ3) is 4.36. The number of H-pyrrole nitrogens is 1. The Bertz CT molecular complexity index is 1020. The first-order valence-electron chi connectivity index (χ1n) is 9.03. The van der Waals surface area contributed by atoms with Gasteiger partial charge in [-0.2, -0.15) is 5.10 Å². The summed E-state index contributed by atoms with van der Waals surface area (Å²) in [5, 5.41) is 13.9. The number of aromatic amines is 1. The quantitative estimate of drug-likeness (QED) is 0.593. The minimum atomic E-state index is -0.426. The Labute approximate surface area is 167 Å². The highest BCUT2D eigenvalue weighted by Crippen LogP contribution is 2.24. The van der Waals surface area contributed by atoms with Crippen LogP contribution in [0.1, 0.15) is 23.9 Å². The van der Waals surface area contributed by atoms with E-state index in [1.807, 2.05) is 51.2 Å². The topological polar surface area (TPSA) is 97.6 Å². The fourth-order valence-electron chi connectivity index (χ4n) is 2.87. The van der Waals surface area contributed by atoms with E-state index < -0.39 is 5.25 Å². The summed E-state index contributed by atoms with van der Waals surface area (Å²) in [6, 6.07) is 9.94. The maximum Gasteiger partial charge on any atom is 0.343 e. The molecule has 0 bridgehead atoms. The van der Waals surface area contributed by atoms with Crippen molar-refractivity contribution in [1.82, 2.24) is 24.5 Å². The van der Waals surface area contributed by atoms with Crippen molar-refractivity contribution in [3.63, 3.8) is 0 Å². The van der Waals surface area contributed by atoms with Gasteiger partial charge >= 0.3 is 5.69 Å². The molecule has 0 fully saturated rings. The molecular weight excluding hydrogens is 376 g/mol. The molecular formula is C19H24N6O2S. The molecule has 3 aromatic rings. The Morgan fingerprint density at radius 2 is 2.00 bits per heavy atom. The lowest BCUT2D eigenvalue weighted by molar-refractivity contribution is -0.115. The molecule has 8 nitrogen and oxygen atoms in total. The fraction of sp³-hybridized carbons (Fsp3) is 0.368. The second kappa shape index (κ2) is 8.47. The van der Waals surface area contributed by atoms with Crippen molar-refractivity contribution in [3.8, 4) is 0 Å². The minimum absolute atomic E-state index is 0.158. The molecule has 9 heteroatoms. The van der Waals surface area contributed by atoms with Gasteiger partial charge in [0, 0.05) is 13.6 Å². The number of carbonyl (C=O) groups is 1. The van der Waals surface area contributed by atoms with Crippen LogP contribution in [0.4, 0.5) is 5.69 Å². The molecule has 1 amide bonds. The van der Waals surface area contributed by atoms with E-state index in [1.165, 1.54) is 11.8 Å². The van der Waals surface area contributed by atoms with Crippen molar-refractivity contribution in [2.75, 3.05) is 5.32 Å². The van der Waals surface area contributed by atoms with Crippen molar-refractivity contribution in [2.24, 2.45) is 7.05 Å². The van der Waals surface area contributed by atoms with Crippen LogP contribution in [0.5, 0.6) is 0 Å². The van der Waals surface area contributed by atoms with Gasteiger partial charge in [0.25, 0.3) is 0 Å². The highest BCUT2D eigenvalue weighted by atomic mass is 32.2. The zero-order valence-corrected chi connectivity index (χ0v) is 17.2. The number of hydrogen-bond donors (Lipinski definition) is 2. The standard InChI is InChI=1S/C19H24N6O2S/c1-12-16(13(2)24(4)23-12)20-17(26)14(3)28-19-22-21-18(27)25(19)11-10-15-8-6-5-7-9-15/h5-9,14H,10-11H2,1-4H3,(H,20,26)(H,21,27)/t14-/m1/s1. The third-order valence-corrected chi connectivity index (χ3v) is 5.69. The molecule has 0 aliphatic heterocycles. The second-order valence-corrected chi connectivity index (χ2v) is 7.93. The van der Waals surface area contributed by atoms with Crippen LogP contribution in [0.25, 0.3) is 0 Å². The zero-order valence-electron chi connectivity index (χ0n) is 16.4. The largest absolute Gasteiger partial charge is 0.343 e. The van der Waals surface area contributed by atoms with Crippen LogP contribution in [0.15, 0.2) is 40.3 Å². The van der Waals surface area contributed by atoms with Gasteiger partial charge in [-0.1, -0.05) is 42.1 Å². The number of rotatable bonds is 7. The number of aryl methyl sites for hydroxylation is 3. The van der Waals surface area contributed by atoms with Crippen LogP contribution < -0.4 is 11.0 Å². The van der Waals surface area contributed by atoms with Crippen molar-refractivity contribution >= 4 is 23.4 Å². The molecule has 3 rings (SSSR count). The maximum absolute atomic E-state index is 12.6. The molecule has 2 heterocycles. The molecule has 148 valence electrons. The summed E-state index contributed by atoms with van der Waals surface area (Å²) >= 11 is 1.25. The van der Waals surface area contributed by atoms with Crippen molar-refractivity contribution in [3.05, 3.63) is 57.8 Å². The zero-order chi connectivity index (χ0) is 20.3. The number of aromatic nitrogens is 5. The third-order valence-electron chi connectivity index (χ3n) is 4.60. The maximum atomic E-state index is 12.6. The first kappa shape index (κ1) is 19.9. The van der Waals surface area contributed by atoms with Gasteiger partial charge in [-0.15, -0.1) is 5.10 Å². The molecule has 2 aromatic heterocycles. The first-order valence-corrected chi connectivity index (χ1v) is 9.91. The summed E-state index contributed by atoms with van der Waals surface area (Å²) in [6.45, 7) is 6.05. The van der Waals surface area contributed by atoms with Gasteiger partial charge in [-0.3, -0.25) is 14.0 Å². The number of thioether (sulfide) groups is 1. The Morgan fingerprint density at radius 3 is 2.64 bits per heavy atom. The van der Waals surface area contributed by atoms with Crippen LogP contribution in [0, 0.1) is 13.8 Å². The smallest absolute Gasteiger partial charge is 0.322 e. The monoisotopic (exact) mass is 400 g/mol. The Balaban J connectivity index is 1.67. The number of anilines is 1. The minimum Gasteiger partial charge on any atom is -0.322 e. The van der Waals surface area contributed by atoms with Crippen LogP contribution in [0.3, 0.4) is 0 Å². The highest BCUT2D eigenvalue weighted by molar-refractivity contribution is 8.00. The van der Waals surface area contributed by atoms with Gasteiger partial charge in [-0.25, -0.2) is 9.89 Å². The summed E-state index contributed by atoms with van der Waals surface area (Å²) in [5.74, 6) is -0.158. The molecule has 0 saturated carbocycles. The molecule has 1 aromatic carbocycles. The second-order valence-electron chi connectivity index (χ2n) is 6.62. The summed E-state index contributed by atoms with van der Waals surface area (Å²) in [7, 11) is 1.84. The molecule has 0 aliphatic rings. The molecule has 0 saturated heterocycles. The lowest BCUT2D eigenvalue weighted by Gasteiger charge is -2.12. The molecule has 0 spiro atoms. The molecule has 0 aliphatic carbocycles. The number of carbonyl (C=O) groups excluding carboxylic acids is 1. The lowest BCUT2D eigenvalue weighted by atomic mass is 10.1. The average Bonchev–Trinajstić information content (AvgIpc) is 3.14. The van der Waals surface area contributed by atoms with Crippen LogP contribution in [-0.2, 0) is 24.8 Å². The molecule has 2 N–H and O–H groups in total. The van der Waals surface area contributed by atoms with E-state index in [9.17, 15) is 9.59 Å². The van der Waals surface area contributed by atoms with Crippen LogP contribution >= 0.6 is 11.8 Å². The average molecular weight is 401 g/mol. The van der Waals surface area contributed by atoms with E-state index in [0.717, 1.165) is 22.6 Å². The summed E-state index contributed by atoms with van der Waals surface area (Å²) in [4.78, 5) is 24.7. The van der Waals surface area contributed by atoms with Gasteiger partial charge in [0.1, 0.15) is 0 Å². The number of nitrogens with one attached hydrogen (secondary N) is 2. The SMILES string of the molecule is Cc1nn(C)c(C)c1NC(=O)[C@@H](C)Sc1n[nH]c(=O)n1CCc1ccccc1. The lowest BCUT2D eigenvalue weighted by Crippen LogP contribution is -2.24. The van der Waals surface area contributed by atoms with Crippen molar-refractivity contribution < 1.29 is 4.79 Å². The molecule has 0 unspecified atom stereocenters. The Morgan fingerprint density at radius 1 is 1.29 bits per heavy atom. The van der Waals surface area contributed by atoms with Gasteiger partial charge in [0.2, 0.25) is 5.91 Å². The van der Waals surface area contributed by atoms with E-state index in [-0.39, 0.29) is 11.6 Å². The predicted octanol–water partition coefficient (Wildman–Crippen LogP) is 2.28. The number of nitrogens with zero attached hydrogens (tertiary/aromatic N) is 4. The Kier molecular flexibility index (Phi) is 6.03. The van der Waals surface area contributed by atoms with Gasteiger partial charge in [0.15, 0.2) is 5.16 Å². The molecule has 1 atom stereocenters. The summed E-state index contributed by atoms with van der Waals surface area (Å²) in [6.07, 6.45) is 0.711. The van der Waals surface area contributed by atoms with Crippen molar-refractivity contribution in [2.45, 2.75) is 44.1 Å². The molecule has 0 radical (unpaired) electrons. The van der Waals surface area contributed by atoms with Gasteiger partial charge in [0.05, 0.1) is 22.3 Å². The van der Waals surface area contributed by atoms with Crippen LogP contribution in [-0.4, -0.2) is 35.7 Å². The van der Waals surface area contributed by atoms with Gasteiger partial charge in [-0.05, 0) is 32.8 Å². The summed E-state index contributed by atoms with van der Waals surface area (Å²) in [5.41, 5.74) is 3.25.